The molecule has 0 bridgehead atoms. The van der Waals surface area contributed by atoms with Gasteiger partial charge in [0.1, 0.15) is 17.5 Å². The number of amides is 2. The van der Waals surface area contributed by atoms with Crippen LogP contribution in [-0.2, 0) is 4.79 Å². The zero-order chi connectivity index (χ0) is 34.2. The molecule has 0 spiro atoms. The van der Waals surface area contributed by atoms with Gasteiger partial charge in [-0.3, -0.25) is 25.4 Å². The predicted molar refractivity (Wildman–Crippen MR) is 176 cm³/mol. The number of nitrogens with one attached hydrogen (secondary N) is 4. The van der Waals surface area contributed by atoms with Crippen molar-refractivity contribution in [1.29, 1.82) is 5.41 Å². The summed E-state index contributed by atoms with van der Waals surface area (Å²) in [5, 5.41) is 18.9. The number of pyridine rings is 1. The van der Waals surface area contributed by atoms with Gasteiger partial charge in [-0.05, 0) is 95.6 Å². The molecular weight excluding hydrogens is 579 g/mol. The number of halogens is 1. The number of hydrogen-bond acceptors (Lipinski definition) is 9. The topological polar surface area (TPSA) is 172 Å². The number of nitrogens with zero attached hydrogens (tertiary/aromatic N) is 1. The van der Waals surface area contributed by atoms with Crippen molar-refractivity contribution in [2.45, 2.75) is 59.4 Å². The predicted octanol–water partition coefficient (Wildman–Crippen LogP) is 5.57. The van der Waals surface area contributed by atoms with E-state index in [0.717, 1.165) is 11.1 Å². The number of rotatable bonds is 11. The highest BCUT2D eigenvalue weighted by atomic mass is 19.1. The fraction of sp³-hybridized carbons (Fsp3) is 0.333. The zero-order valence-corrected chi connectivity index (χ0v) is 26.9. The Labute approximate surface area is 264 Å². The number of carbonyl (C=O) groups excluding carboxylic acids is 2. The average molecular weight is 625 g/mol. The number of allylic oxidation sites excluding steroid dienone is 1. The lowest BCUT2D eigenvalue weighted by Crippen LogP contribution is -2.45. The maximum atomic E-state index is 13.3. The van der Waals surface area contributed by atoms with Crippen molar-refractivity contribution in [2.24, 2.45) is 5.73 Å². The lowest BCUT2D eigenvalue weighted by atomic mass is 10.0. The molecule has 7 N–H and O–H groups in total. The number of alkyl halides is 1. The van der Waals surface area contributed by atoms with Crippen molar-refractivity contribution in [3.8, 4) is 11.5 Å². The van der Waals surface area contributed by atoms with Crippen LogP contribution in [0.5, 0.6) is 11.5 Å². The van der Waals surface area contributed by atoms with Crippen LogP contribution in [0.3, 0.4) is 0 Å². The normalized spacial score (nSPS) is 11.0. The summed E-state index contributed by atoms with van der Waals surface area (Å²) in [5.74, 6) is -0.369. The number of aromatic nitrogens is 1. The van der Waals surface area contributed by atoms with E-state index in [4.69, 9.17) is 20.0 Å². The maximum absolute atomic E-state index is 13.3. The number of anilines is 1. The van der Waals surface area contributed by atoms with Gasteiger partial charge in [-0.1, -0.05) is 30.8 Å². The van der Waals surface area contributed by atoms with Crippen LogP contribution in [0.4, 0.5) is 10.1 Å². The Kier molecular flexibility index (Phi) is 15.8. The number of nitrogens with two attached hydrogens (primary N) is 1. The highest BCUT2D eigenvalue weighted by molar-refractivity contribution is 5.95. The first-order chi connectivity index (χ1) is 21.2. The number of hydrazine groups is 1. The van der Waals surface area contributed by atoms with Crippen molar-refractivity contribution >= 4 is 23.7 Å². The largest absolute Gasteiger partial charge is 0.510 e. The fourth-order valence-electron chi connectivity index (χ4n) is 3.32. The van der Waals surface area contributed by atoms with Crippen LogP contribution in [0, 0.1) is 12.3 Å². The minimum atomic E-state index is -1.64. The number of aliphatic hydroxyl groups is 1. The Balaban J connectivity index is 0.000000991. The molecule has 2 amide bonds. The van der Waals surface area contributed by atoms with Crippen LogP contribution in [0.15, 0.2) is 73.1 Å². The lowest BCUT2D eigenvalue weighted by Gasteiger charge is -2.22. The molecule has 1 unspecified atom stereocenters. The molecule has 3 aromatic rings. The number of hydrogen-bond donors (Lipinski definition) is 6. The summed E-state index contributed by atoms with van der Waals surface area (Å²) in [7, 11) is 1.50. The Morgan fingerprint density at radius 3 is 2.20 bits per heavy atom. The highest BCUT2D eigenvalue weighted by Gasteiger charge is 2.24. The van der Waals surface area contributed by atoms with E-state index in [0.29, 0.717) is 29.4 Å². The Morgan fingerprint density at radius 2 is 1.71 bits per heavy atom. The third-order valence-electron chi connectivity index (χ3n) is 5.74. The molecule has 0 saturated heterocycles. The van der Waals surface area contributed by atoms with Crippen molar-refractivity contribution < 1.29 is 28.6 Å². The third kappa shape index (κ3) is 13.1. The van der Waals surface area contributed by atoms with E-state index < -0.39 is 29.3 Å². The molecule has 244 valence electrons. The van der Waals surface area contributed by atoms with Gasteiger partial charge in [0, 0.05) is 18.1 Å². The van der Waals surface area contributed by atoms with E-state index in [2.05, 4.69) is 33.5 Å². The highest BCUT2D eigenvalue weighted by Crippen LogP contribution is 2.33. The van der Waals surface area contributed by atoms with Gasteiger partial charge in [-0.15, -0.1) is 0 Å². The molecule has 2 aromatic carbocycles. The minimum Gasteiger partial charge on any atom is -0.510 e. The molecule has 12 heteroatoms. The summed E-state index contributed by atoms with van der Waals surface area (Å²) < 4.78 is 23.8. The molecule has 0 aliphatic heterocycles. The van der Waals surface area contributed by atoms with E-state index in [1.807, 2.05) is 27.7 Å². The van der Waals surface area contributed by atoms with Crippen LogP contribution in [0.1, 0.15) is 67.8 Å². The summed E-state index contributed by atoms with van der Waals surface area (Å²) >= 11 is 0. The summed E-state index contributed by atoms with van der Waals surface area (Å²) in [6, 6.07) is 14.8. The third-order valence-corrected chi connectivity index (χ3v) is 5.74. The van der Waals surface area contributed by atoms with Gasteiger partial charge < -0.3 is 31.0 Å². The van der Waals surface area contributed by atoms with Crippen molar-refractivity contribution in [3.63, 3.8) is 0 Å². The van der Waals surface area contributed by atoms with Crippen LogP contribution in [0.2, 0.25) is 0 Å². The summed E-state index contributed by atoms with van der Waals surface area (Å²) in [4.78, 5) is 29.8. The average Bonchev–Trinajstić information content (AvgIpc) is 3.01. The second kappa shape index (κ2) is 18.6. The Hall–Kier alpha value is -4.97. The molecule has 45 heavy (non-hydrogen) atoms. The fourth-order valence-corrected chi connectivity index (χ4v) is 3.32. The first-order valence-corrected chi connectivity index (χ1v) is 14.2. The maximum Gasteiger partial charge on any atom is 0.288 e. The van der Waals surface area contributed by atoms with E-state index in [1.54, 1.807) is 60.8 Å². The molecule has 11 nitrogen and oxygen atoms in total. The number of aliphatic hydroxyl groups excluding tert-OH is 1. The number of ether oxygens (including phenoxy) is 2. The van der Waals surface area contributed by atoms with Gasteiger partial charge >= 0.3 is 0 Å². The standard InChI is InChI=1S/C27H31N5O4.C5H9FO.CH5N/c1-5-35-24-14-20(9-13-23(24)36-17(2)3)25(30-21-10-7-19(15-28)8-11-21)27(34)32-31-26(33)22-12-6-18(4)16-29-22;1-4(7)5(2,3)6;1-2/h6-17,25,28,30H,5H2,1-4H3,(H,31,33)(H,32,34);7H,1H2,2-3H3;2H2,1H3. The van der Waals surface area contributed by atoms with Crippen molar-refractivity contribution in [1.82, 2.24) is 15.8 Å². The van der Waals surface area contributed by atoms with Gasteiger partial charge in [0.15, 0.2) is 17.2 Å². The van der Waals surface area contributed by atoms with Gasteiger partial charge in [0.25, 0.3) is 11.8 Å². The smallest absolute Gasteiger partial charge is 0.288 e. The summed E-state index contributed by atoms with van der Waals surface area (Å²) in [6.07, 6.45) is 2.77. The summed E-state index contributed by atoms with van der Waals surface area (Å²) in [6.45, 7) is 13.5. The molecule has 0 fully saturated rings. The zero-order valence-electron chi connectivity index (χ0n) is 26.9. The minimum absolute atomic E-state index is 0.0507. The van der Waals surface area contributed by atoms with Crippen molar-refractivity contribution in [2.75, 3.05) is 19.0 Å². The van der Waals surface area contributed by atoms with Crippen molar-refractivity contribution in [3.05, 3.63) is 95.5 Å². The number of carbonyl (C=O) groups is 2. The molecule has 1 aromatic heterocycles. The first-order valence-electron chi connectivity index (χ1n) is 14.2. The van der Waals surface area contributed by atoms with E-state index >= 15 is 0 Å². The second-order valence-corrected chi connectivity index (χ2v) is 10.2. The van der Waals surface area contributed by atoms with E-state index in [-0.39, 0.29) is 11.8 Å². The molecule has 0 radical (unpaired) electrons. The van der Waals surface area contributed by atoms with Crippen LogP contribution >= 0.6 is 0 Å². The summed E-state index contributed by atoms with van der Waals surface area (Å²) in [5.41, 5.74) is 10.9. The lowest BCUT2D eigenvalue weighted by molar-refractivity contribution is -0.122. The van der Waals surface area contributed by atoms with E-state index in [1.165, 1.54) is 27.1 Å². The van der Waals surface area contributed by atoms with Crippen LogP contribution in [0.25, 0.3) is 0 Å². The van der Waals surface area contributed by atoms with Gasteiger partial charge in [0.05, 0.1) is 12.7 Å². The Morgan fingerprint density at radius 1 is 1.09 bits per heavy atom. The molecular formula is C33H45FN6O5. The second-order valence-electron chi connectivity index (χ2n) is 10.2. The Bertz CT molecular complexity index is 1390. The quantitative estimate of drug-likeness (QED) is 0.0913. The molecule has 0 aliphatic carbocycles. The molecule has 0 aliphatic rings. The SMILES string of the molecule is C=C(O)C(C)(C)F.CCOc1cc(C(Nc2ccc(C=N)cc2)C(=O)NNC(=O)c2ccc(C)cn2)ccc1OC(C)C.CN. The molecule has 1 heterocycles. The molecule has 3 rings (SSSR count). The molecule has 1 atom stereocenters. The van der Waals surface area contributed by atoms with Gasteiger partial charge in [0.2, 0.25) is 0 Å². The van der Waals surface area contributed by atoms with Crippen LogP contribution in [-0.4, -0.2) is 53.5 Å². The number of aryl methyl sites for hydroxylation is 1. The van der Waals surface area contributed by atoms with E-state index in [9.17, 15) is 14.0 Å². The first kappa shape index (κ1) is 38.1. The van der Waals surface area contributed by atoms with Gasteiger partial charge in [-0.2, -0.15) is 0 Å². The van der Waals surface area contributed by atoms with Crippen LogP contribution < -0.4 is 31.4 Å². The number of benzene rings is 2. The monoisotopic (exact) mass is 624 g/mol. The molecule has 0 saturated carbocycles. The van der Waals surface area contributed by atoms with Gasteiger partial charge in [-0.25, -0.2) is 4.39 Å².